The zero-order valence-electron chi connectivity index (χ0n) is 12.6. The smallest absolute Gasteiger partial charge is 0.323 e. The normalized spacial score (nSPS) is 19.7. The second-order valence-corrected chi connectivity index (χ2v) is 7.74. The highest BCUT2D eigenvalue weighted by atomic mass is 79.9. The van der Waals surface area contributed by atoms with Crippen molar-refractivity contribution < 1.29 is 24.3 Å². The number of nitrogens with zero attached hydrogens (tertiary/aromatic N) is 2. The van der Waals surface area contributed by atoms with Gasteiger partial charge in [0.1, 0.15) is 10.9 Å². The largest absolute Gasteiger partial charge is 0.480 e. The van der Waals surface area contributed by atoms with Crippen LogP contribution in [0.1, 0.15) is 12.5 Å². The van der Waals surface area contributed by atoms with Crippen molar-refractivity contribution in [1.29, 1.82) is 0 Å². The number of rotatable bonds is 2. The molecule has 3 rings (SSSR count). The number of amides is 3. The fourth-order valence-electron chi connectivity index (χ4n) is 2.59. The van der Waals surface area contributed by atoms with Gasteiger partial charge in [0.15, 0.2) is 0 Å². The first-order valence-corrected chi connectivity index (χ1v) is 8.89. The number of halogens is 1. The molecule has 0 bridgehead atoms. The number of thiocarbonyl (C=S) groups is 1. The first-order chi connectivity index (χ1) is 11.7. The highest BCUT2D eigenvalue weighted by Gasteiger charge is 2.43. The highest BCUT2D eigenvalue weighted by Crippen LogP contribution is 2.45. The Morgan fingerprint density at radius 2 is 1.96 bits per heavy atom. The molecule has 0 aliphatic carbocycles. The number of carboxylic acid groups (broad SMARTS) is 1. The lowest BCUT2D eigenvalue weighted by atomic mass is 10.1. The van der Waals surface area contributed by atoms with Crippen molar-refractivity contribution in [2.24, 2.45) is 0 Å². The number of hydrogen-bond acceptors (Lipinski definition) is 6. The molecule has 1 aromatic carbocycles. The first kappa shape index (κ1) is 17.8. The minimum Gasteiger partial charge on any atom is -0.480 e. The van der Waals surface area contributed by atoms with Gasteiger partial charge in [0.05, 0.1) is 16.2 Å². The molecule has 0 aromatic heterocycles. The lowest BCUT2D eigenvalue weighted by molar-refractivity contribution is -0.140. The minimum atomic E-state index is -1.21. The molecule has 1 fully saturated rings. The fraction of sp³-hybridized carbons (Fsp3) is 0.133. The summed E-state index contributed by atoms with van der Waals surface area (Å²) in [6.45, 7) is 0.666. The molecule has 2 aliphatic heterocycles. The number of hydrogen-bond donors (Lipinski definition) is 1. The van der Waals surface area contributed by atoms with Gasteiger partial charge >= 0.3 is 5.97 Å². The lowest BCUT2D eigenvalue weighted by Crippen LogP contribution is -2.34. The van der Waals surface area contributed by atoms with Gasteiger partial charge < -0.3 is 5.11 Å². The Morgan fingerprint density at radius 3 is 2.56 bits per heavy atom. The first-order valence-electron chi connectivity index (χ1n) is 6.87. The van der Waals surface area contributed by atoms with Crippen LogP contribution in [0.4, 0.5) is 5.69 Å². The SMILES string of the molecule is CC(=O)N1C(=O)C(=C2SC(=S)N(CC(=O)O)C2=O)c2cc(Br)ccc21. The number of imide groups is 1. The van der Waals surface area contributed by atoms with Gasteiger partial charge in [0, 0.05) is 17.0 Å². The van der Waals surface area contributed by atoms with E-state index < -0.39 is 30.2 Å². The number of carbonyl (C=O) groups is 4. The fourth-order valence-corrected chi connectivity index (χ4v) is 4.28. The van der Waals surface area contributed by atoms with Crippen LogP contribution < -0.4 is 4.90 Å². The molecule has 25 heavy (non-hydrogen) atoms. The molecule has 1 aromatic rings. The van der Waals surface area contributed by atoms with Gasteiger partial charge in [-0.1, -0.05) is 39.9 Å². The summed E-state index contributed by atoms with van der Waals surface area (Å²) in [4.78, 5) is 50.1. The van der Waals surface area contributed by atoms with Crippen molar-refractivity contribution >= 4 is 79.2 Å². The number of anilines is 1. The zero-order chi connectivity index (χ0) is 18.5. The van der Waals surface area contributed by atoms with Crippen LogP contribution in [-0.4, -0.2) is 44.6 Å². The molecule has 0 spiro atoms. The van der Waals surface area contributed by atoms with Crippen molar-refractivity contribution in [3.63, 3.8) is 0 Å². The highest BCUT2D eigenvalue weighted by molar-refractivity contribution is 9.10. The summed E-state index contributed by atoms with van der Waals surface area (Å²) in [5.74, 6) is -2.98. The Balaban J connectivity index is 2.19. The number of carboxylic acids is 1. The average Bonchev–Trinajstić information content (AvgIpc) is 2.94. The lowest BCUT2D eigenvalue weighted by Gasteiger charge is -2.12. The molecule has 0 atom stereocenters. The van der Waals surface area contributed by atoms with Crippen molar-refractivity contribution in [2.75, 3.05) is 11.4 Å². The molecule has 128 valence electrons. The quantitative estimate of drug-likeness (QED) is 0.554. The number of benzene rings is 1. The summed E-state index contributed by atoms with van der Waals surface area (Å²) in [5.41, 5.74) is 0.848. The van der Waals surface area contributed by atoms with E-state index in [1.165, 1.54) is 6.92 Å². The molecule has 2 heterocycles. The van der Waals surface area contributed by atoms with Crippen LogP contribution in [0.15, 0.2) is 27.6 Å². The molecular weight excluding hydrogens is 432 g/mol. The second-order valence-electron chi connectivity index (χ2n) is 5.18. The van der Waals surface area contributed by atoms with Gasteiger partial charge in [0.2, 0.25) is 5.91 Å². The van der Waals surface area contributed by atoms with Crippen LogP contribution in [0.25, 0.3) is 5.57 Å². The van der Waals surface area contributed by atoms with Crippen LogP contribution in [0.2, 0.25) is 0 Å². The Bertz CT molecular complexity index is 911. The molecule has 0 saturated carbocycles. The van der Waals surface area contributed by atoms with E-state index in [4.69, 9.17) is 17.3 Å². The molecule has 2 aliphatic rings. The maximum Gasteiger partial charge on any atom is 0.323 e. The molecule has 1 N–H and O–H groups in total. The van der Waals surface area contributed by atoms with E-state index in [0.29, 0.717) is 15.7 Å². The summed E-state index contributed by atoms with van der Waals surface area (Å²) >= 11 is 9.23. The monoisotopic (exact) mass is 440 g/mol. The average molecular weight is 441 g/mol. The van der Waals surface area contributed by atoms with Crippen LogP contribution in [0, 0.1) is 0 Å². The van der Waals surface area contributed by atoms with Crippen LogP contribution in [-0.2, 0) is 19.2 Å². The topological polar surface area (TPSA) is 95.0 Å². The predicted octanol–water partition coefficient (Wildman–Crippen LogP) is 2.00. The Hall–Kier alpha value is -2.04. The van der Waals surface area contributed by atoms with Gasteiger partial charge in [-0.3, -0.25) is 24.1 Å². The Labute approximate surface area is 159 Å². The van der Waals surface area contributed by atoms with Gasteiger partial charge in [-0.15, -0.1) is 0 Å². The standard InChI is InChI=1S/C15H9BrN2O5S2/c1-6(19)18-9-3-2-7(16)4-8(9)11(13(18)22)12-14(23)17(5-10(20)21)15(24)25-12/h2-4H,5H2,1H3,(H,20,21). The predicted molar refractivity (Wildman–Crippen MR) is 98.8 cm³/mol. The summed E-state index contributed by atoms with van der Waals surface area (Å²) in [7, 11) is 0. The van der Waals surface area contributed by atoms with E-state index in [9.17, 15) is 19.2 Å². The van der Waals surface area contributed by atoms with Crippen molar-refractivity contribution in [3.05, 3.63) is 33.1 Å². The number of thioether (sulfide) groups is 1. The van der Waals surface area contributed by atoms with Crippen LogP contribution in [0.5, 0.6) is 0 Å². The van der Waals surface area contributed by atoms with Gasteiger partial charge in [0.25, 0.3) is 11.8 Å². The van der Waals surface area contributed by atoms with Crippen LogP contribution in [0.3, 0.4) is 0 Å². The minimum absolute atomic E-state index is 0.0272. The van der Waals surface area contributed by atoms with E-state index in [-0.39, 0.29) is 14.8 Å². The van der Waals surface area contributed by atoms with Gasteiger partial charge in [-0.25, -0.2) is 4.90 Å². The van der Waals surface area contributed by atoms with Gasteiger partial charge in [-0.2, -0.15) is 0 Å². The van der Waals surface area contributed by atoms with Crippen molar-refractivity contribution in [3.8, 4) is 0 Å². The molecular formula is C15H9BrN2O5S2. The molecule has 3 amide bonds. The summed E-state index contributed by atoms with van der Waals surface area (Å²) in [6.07, 6.45) is 0. The molecule has 7 nitrogen and oxygen atoms in total. The summed E-state index contributed by atoms with van der Waals surface area (Å²) in [5, 5.41) is 8.92. The summed E-state index contributed by atoms with van der Waals surface area (Å²) in [6, 6.07) is 4.92. The Morgan fingerprint density at radius 1 is 1.28 bits per heavy atom. The van der Waals surface area contributed by atoms with Gasteiger partial charge in [-0.05, 0) is 18.2 Å². The Kier molecular flexibility index (Phi) is 4.52. The van der Waals surface area contributed by atoms with E-state index in [1.54, 1.807) is 18.2 Å². The third-order valence-electron chi connectivity index (χ3n) is 3.57. The van der Waals surface area contributed by atoms with Crippen molar-refractivity contribution in [2.45, 2.75) is 6.92 Å². The van der Waals surface area contributed by atoms with Crippen LogP contribution >= 0.6 is 39.9 Å². The van der Waals surface area contributed by atoms with E-state index in [0.717, 1.165) is 21.6 Å². The van der Waals surface area contributed by atoms with E-state index in [1.807, 2.05) is 0 Å². The number of fused-ring (bicyclic) bond motifs is 1. The molecule has 0 radical (unpaired) electrons. The maximum atomic E-state index is 12.8. The summed E-state index contributed by atoms with van der Waals surface area (Å²) < 4.78 is 0.725. The van der Waals surface area contributed by atoms with E-state index in [2.05, 4.69) is 15.9 Å². The second kappa shape index (κ2) is 6.36. The molecule has 0 unspecified atom stereocenters. The van der Waals surface area contributed by atoms with E-state index >= 15 is 0 Å². The molecule has 10 heteroatoms. The third kappa shape index (κ3) is 2.90. The van der Waals surface area contributed by atoms with Crippen molar-refractivity contribution in [1.82, 2.24) is 4.90 Å². The maximum absolute atomic E-state index is 12.8. The number of carbonyl (C=O) groups excluding carboxylic acids is 3. The molecule has 1 saturated heterocycles. The number of aliphatic carboxylic acids is 1. The zero-order valence-corrected chi connectivity index (χ0v) is 15.8. The third-order valence-corrected chi connectivity index (χ3v) is 5.51.